The number of carbonyl (C=O) groups excluding carboxylic acids is 1. The smallest absolute Gasteiger partial charge is 0.180 e. The van der Waals surface area contributed by atoms with Gasteiger partial charge in [-0.3, -0.25) is 4.79 Å². The Bertz CT molecular complexity index is 434. The fourth-order valence-electron chi connectivity index (χ4n) is 1.25. The molecular weight excluding hydrogens is 212 g/mol. The number of Topliss-reactive ketones (excluding diaryl/α,β-unsaturated/α-hetero) is 1. The zero-order valence-corrected chi connectivity index (χ0v) is 9.62. The molecule has 1 aromatic rings. The van der Waals surface area contributed by atoms with Crippen molar-refractivity contribution >= 4 is 15.6 Å². The van der Waals surface area contributed by atoms with E-state index in [0.29, 0.717) is 5.56 Å². The molecule has 15 heavy (non-hydrogen) atoms. The molecule has 1 aromatic carbocycles. The van der Waals surface area contributed by atoms with Crippen LogP contribution in [-0.4, -0.2) is 25.2 Å². The highest BCUT2D eigenvalue weighted by Crippen LogP contribution is 2.10. The van der Waals surface area contributed by atoms with Crippen LogP contribution >= 0.6 is 0 Å². The Morgan fingerprint density at radius 1 is 1.27 bits per heavy atom. The summed E-state index contributed by atoms with van der Waals surface area (Å²) >= 11 is 0. The van der Waals surface area contributed by atoms with Crippen LogP contribution in [0.5, 0.6) is 0 Å². The van der Waals surface area contributed by atoms with Gasteiger partial charge in [-0.25, -0.2) is 8.42 Å². The maximum atomic E-state index is 11.8. The van der Waals surface area contributed by atoms with Crippen molar-refractivity contribution in [2.75, 3.05) is 5.75 Å². The highest BCUT2D eigenvalue weighted by atomic mass is 32.2. The van der Waals surface area contributed by atoms with Gasteiger partial charge in [0.25, 0.3) is 0 Å². The van der Waals surface area contributed by atoms with Crippen LogP contribution < -0.4 is 0 Å². The number of sulfone groups is 1. The monoisotopic (exact) mass is 226 g/mol. The number of hydrogen-bond acceptors (Lipinski definition) is 3. The van der Waals surface area contributed by atoms with Gasteiger partial charge in [-0.05, 0) is 6.92 Å². The summed E-state index contributed by atoms with van der Waals surface area (Å²) in [5.74, 6) is -0.343. The standard InChI is InChI=1S/C11H14O3S/c1-3-15(13,14)9(2)11(12)10-7-5-4-6-8-10/h4-9H,3H2,1-2H3/t9-/m1/s1. The normalized spacial score (nSPS) is 13.5. The largest absolute Gasteiger partial charge is 0.293 e. The van der Waals surface area contributed by atoms with Crippen LogP contribution in [0.3, 0.4) is 0 Å². The first-order valence-corrected chi connectivity index (χ1v) is 6.51. The van der Waals surface area contributed by atoms with Gasteiger partial charge in [-0.2, -0.15) is 0 Å². The van der Waals surface area contributed by atoms with E-state index in [4.69, 9.17) is 0 Å². The van der Waals surface area contributed by atoms with Crippen LogP contribution in [0, 0.1) is 0 Å². The summed E-state index contributed by atoms with van der Waals surface area (Å²) < 4.78 is 23.0. The lowest BCUT2D eigenvalue weighted by Crippen LogP contribution is -2.28. The maximum absolute atomic E-state index is 11.8. The topological polar surface area (TPSA) is 51.2 Å². The van der Waals surface area contributed by atoms with E-state index in [1.165, 1.54) is 6.92 Å². The number of rotatable bonds is 4. The summed E-state index contributed by atoms with van der Waals surface area (Å²) in [6.45, 7) is 2.98. The average molecular weight is 226 g/mol. The first-order valence-electron chi connectivity index (χ1n) is 4.80. The summed E-state index contributed by atoms with van der Waals surface area (Å²) in [5, 5.41) is -0.954. The van der Waals surface area contributed by atoms with Gasteiger partial charge in [0, 0.05) is 11.3 Å². The molecule has 0 aromatic heterocycles. The van der Waals surface area contributed by atoms with Crippen LogP contribution in [-0.2, 0) is 9.84 Å². The van der Waals surface area contributed by atoms with Crippen molar-refractivity contribution in [3.05, 3.63) is 35.9 Å². The maximum Gasteiger partial charge on any atom is 0.180 e. The highest BCUT2D eigenvalue weighted by Gasteiger charge is 2.26. The molecule has 1 atom stereocenters. The molecule has 0 heterocycles. The molecule has 0 aliphatic heterocycles. The summed E-state index contributed by atoms with van der Waals surface area (Å²) in [6.07, 6.45) is 0. The van der Waals surface area contributed by atoms with Crippen LogP contribution in [0.1, 0.15) is 24.2 Å². The predicted octanol–water partition coefficient (Wildman–Crippen LogP) is 1.69. The molecular formula is C11H14O3S. The number of benzene rings is 1. The Morgan fingerprint density at radius 2 is 1.80 bits per heavy atom. The lowest BCUT2D eigenvalue weighted by Gasteiger charge is -2.09. The first-order chi connectivity index (χ1) is 6.99. The van der Waals surface area contributed by atoms with Gasteiger partial charge in [-0.1, -0.05) is 37.3 Å². The van der Waals surface area contributed by atoms with Crippen LogP contribution in [0.2, 0.25) is 0 Å². The Morgan fingerprint density at radius 3 is 2.27 bits per heavy atom. The molecule has 82 valence electrons. The average Bonchev–Trinajstić information content (AvgIpc) is 2.28. The van der Waals surface area contributed by atoms with E-state index in [2.05, 4.69) is 0 Å². The van der Waals surface area contributed by atoms with Crippen molar-refractivity contribution in [1.82, 2.24) is 0 Å². The second-order valence-electron chi connectivity index (χ2n) is 3.32. The van der Waals surface area contributed by atoms with Gasteiger partial charge in [-0.15, -0.1) is 0 Å². The number of carbonyl (C=O) groups is 1. The molecule has 0 unspecified atom stereocenters. The van der Waals surface area contributed by atoms with Crippen molar-refractivity contribution in [3.8, 4) is 0 Å². The molecule has 0 radical (unpaired) electrons. The third kappa shape index (κ3) is 2.65. The minimum absolute atomic E-state index is 0.00720. The van der Waals surface area contributed by atoms with E-state index in [9.17, 15) is 13.2 Å². The fourth-order valence-corrected chi connectivity index (χ4v) is 2.21. The Balaban J connectivity index is 2.97. The van der Waals surface area contributed by atoms with E-state index in [1.54, 1.807) is 37.3 Å². The van der Waals surface area contributed by atoms with Gasteiger partial charge in [0.2, 0.25) is 0 Å². The quantitative estimate of drug-likeness (QED) is 0.734. The molecule has 0 aliphatic carbocycles. The van der Waals surface area contributed by atoms with Gasteiger partial charge in [0.15, 0.2) is 15.6 Å². The van der Waals surface area contributed by atoms with E-state index in [1.807, 2.05) is 0 Å². The lowest BCUT2D eigenvalue weighted by molar-refractivity contribution is 0.0991. The van der Waals surface area contributed by atoms with Crippen molar-refractivity contribution < 1.29 is 13.2 Å². The SMILES string of the molecule is CCS(=O)(=O)[C@H](C)C(=O)c1ccccc1. The van der Waals surface area contributed by atoms with Gasteiger partial charge < -0.3 is 0 Å². The first kappa shape index (κ1) is 11.9. The Kier molecular flexibility index (Phi) is 3.63. The molecule has 4 heteroatoms. The van der Waals surface area contributed by atoms with Gasteiger partial charge in [0.05, 0.1) is 0 Å². The summed E-state index contributed by atoms with van der Waals surface area (Å²) in [5.41, 5.74) is 0.446. The van der Waals surface area contributed by atoms with E-state index in [-0.39, 0.29) is 11.5 Å². The Hall–Kier alpha value is -1.16. The summed E-state index contributed by atoms with van der Waals surface area (Å²) in [7, 11) is -3.30. The molecule has 0 N–H and O–H groups in total. The Labute approximate surface area is 90.0 Å². The summed E-state index contributed by atoms with van der Waals surface area (Å²) in [4.78, 5) is 11.8. The van der Waals surface area contributed by atoms with E-state index in [0.717, 1.165) is 0 Å². The van der Waals surface area contributed by atoms with Crippen molar-refractivity contribution in [2.24, 2.45) is 0 Å². The van der Waals surface area contributed by atoms with Crippen molar-refractivity contribution in [3.63, 3.8) is 0 Å². The minimum atomic E-state index is -3.30. The van der Waals surface area contributed by atoms with Crippen LogP contribution in [0.15, 0.2) is 30.3 Å². The number of hydrogen-bond donors (Lipinski definition) is 0. The van der Waals surface area contributed by atoms with E-state index >= 15 is 0 Å². The molecule has 0 fully saturated rings. The number of ketones is 1. The van der Waals surface area contributed by atoms with Crippen molar-refractivity contribution in [1.29, 1.82) is 0 Å². The zero-order valence-electron chi connectivity index (χ0n) is 8.80. The molecule has 0 spiro atoms. The molecule has 1 rings (SSSR count). The van der Waals surface area contributed by atoms with Gasteiger partial charge >= 0.3 is 0 Å². The lowest BCUT2D eigenvalue weighted by atomic mass is 10.1. The molecule has 0 aliphatic rings. The molecule has 0 saturated carbocycles. The van der Waals surface area contributed by atoms with E-state index < -0.39 is 15.1 Å². The van der Waals surface area contributed by atoms with Crippen LogP contribution in [0.25, 0.3) is 0 Å². The van der Waals surface area contributed by atoms with Gasteiger partial charge in [0.1, 0.15) is 5.25 Å². The molecule has 0 saturated heterocycles. The third-order valence-corrected chi connectivity index (χ3v) is 4.46. The molecule has 3 nitrogen and oxygen atoms in total. The van der Waals surface area contributed by atoms with Crippen LogP contribution in [0.4, 0.5) is 0 Å². The highest BCUT2D eigenvalue weighted by molar-refractivity contribution is 7.92. The summed E-state index contributed by atoms with van der Waals surface area (Å²) in [6, 6.07) is 8.49. The van der Waals surface area contributed by atoms with Crippen molar-refractivity contribution in [2.45, 2.75) is 19.1 Å². The second-order valence-corrected chi connectivity index (χ2v) is 5.93. The molecule has 0 bridgehead atoms. The zero-order chi connectivity index (χ0) is 11.5. The fraction of sp³-hybridized carbons (Fsp3) is 0.364. The molecule has 0 amide bonds. The third-order valence-electron chi connectivity index (χ3n) is 2.37. The second kappa shape index (κ2) is 4.57. The minimum Gasteiger partial charge on any atom is -0.293 e. The predicted molar refractivity (Wildman–Crippen MR) is 59.7 cm³/mol.